The summed E-state index contributed by atoms with van der Waals surface area (Å²) < 4.78 is 1.28. The molecule has 1 N–H and O–H groups in total. The standard InChI is InChI=1S/C16H16N4O2/c1-2-8-19-15(21)11-20-14(13-5-3-4-9-18-13)7-6-12(10-17)16(20)22/h3-7,9H,2,8,11H2,1H3,(H,19,21). The van der Waals surface area contributed by atoms with Crippen LogP contribution in [0.5, 0.6) is 0 Å². The highest BCUT2D eigenvalue weighted by atomic mass is 16.2. The molecule has 6 heteroatoms. The number of nitriles is 1. The van der Waals surface area contributed by atoms with E-state index in [0.29, 0.717) is 17.9 Å². The molecule has 22 heavy (non-hydrogen) atoms. The Balaban J connectivity index is 2.47. The minimum Gasteiger partial charge on any atom is -0.355 e. The summed E-state index contributed by atoms with van der Waals surface area (Å²) in [6, 6.07) is 10.2. The van der Waals surface area contributed by atoms with Crippen LogP contribution in [0.4, 0.5) is 0 Å². The molecule has 0 aliphatic rings. The van der Waals surface area contributed by atoms with E-state index in [2.05, 4.69) is 10.3 Å². The van der Waals surface area contributed by atoms with Crippen molar-refractivity contribution in [3.05, 3.63) is 52.4 Å². The predicted octanol–water partition coefficient (Wildman–Crippen LogP) is 1.31. The zero-order valence-electron chi connectivity index (χ0n) is 12.2. The maximum Gasteiger partial charge on any atom is 0.269 e. The van der Waals surface area contributed by atoms with Gasteiger partial charge in [0.2, 0.25) is 5.91 Å². The Morgan fingerprint density at radius 2 is 2.18 bits per heavy atom. The Morgan fingerprint density at radius 1 is 1.36 bits per heavy atom. The summed E-state index contributed by atoms with van der Waals surface area (Å²) in [5, 5.41) is 11.7. The van der Waals surface area contributed by atoms with Crippen molar-refractivity contribution in [3.63, 3.8) is 0 Å². The van der Waals surface area contributed by atoms with E-state index < -0.39 is 5.56 Å². The summed E-state index contributed by atoms with van der Waals surface area (Å²) in [5.41, 5.74) is 0.601. The van der Waals surface area contributed by atoms with Crippen molar-refractivity contribution in [2.45, 2.75) is 19.9 Å². The van der Waals surface area contributed by atoms with Crippen LogP contribution in [0.3, 0.4) is 0 Å². The molecule has 0 radical (unpaired) electrons. The van der Waals surface area contributed by atoms with E-state index in [1.54, 1.807) is 30.5 Å². The van der Waals surface area contributed by atoms with E-state index in [0.717, 1.165) is 6.42 Å². The molecule has 0 bridgehead atoms. The number of carbonyl (C=O) groups is 1. The van der Waals surface area contributed by atoms with Crippen molar-refractivity contribution in [2.75, 3.05) is 6.54 Å². The lowest BCUT2D eigenvalue weighted by atomic mass is 10.2. The van der Waals surface area contributed by atoms with Gasteiger partial charge in [-0.05, 0) is 30.7 Å². The summed E-state index contributed by atoms with van der Waals surface area (Å²) >= 11 is 0. The molecule has 1 amide bonds. The Morgan fingerprint density at radius 3 is 2.82 bits per heavy atom. The zero-order chi connectivity index (χ0) is 15.9. The second-order valence-electron chi connectivity index (χ2n) is 4.70. The topological polar surface area (TPSA) is 87.8 Å². The van der Waals surface area contributed by atoms with Gasteiger partial charge in [0.15, 0.2) is 0 Å². The molecular formula is C16H16N4O2. The van der Waals surface area contributed by atoms with Crippen LogP contribution in [-0.4, -0.2) is 22.0 Å². The van der Waals surface area contributed by atoms with Crippen LogP contribution in [0.15, 0.2) is 41.3 Å². The van der Waals surface area contributed by atoms with Crippen molar-refractivity contribution in [1.29, 1.82) is 5.26 Å². The average molecular weight is 296 g/mol. The molecule has 0 aromatic carbocycles. The zero-order valence-corrected chi connectivity index (χ0v) is 12.2. The molecule has 0 spiro atoms. The first kappa shape index (κ1) is 15.4. The van der Waals surface area contributed by atoms with E-state index in [1.807, 2.05) is 13.0 Å². The summed E-state index contributed by atoms with van der Waals surface area (Å²) in [7, 11) is 0. The number of carbonyl (C=O) groups excluding carboxylic acids is 1. The fourth-order valence-corrected chi connectivity index (χ4v) is 2.02. The number of pyridine rings is 2. The first-order chi connectivity index (χ1) is 10.7. The van der Waals surface area contributed by atoms with Gasteiger partial charge < -0.3 is 5.32 Å². The monoisotopic (exact) mass is 296 g/mol. The van der Waals surface area contributed by atoms with Crippen LogP contribution in [0, 0.1) is 11.3 Å². The second-order valence-corrected chi connectivity index (χ2v) is 4.70. The maximum absolute atomic E-state index is 12.3. The van der Waals surface area contributed by atoms with Crippen molar-refractivity contribution in [1.82, 2.24) is 14.9 Å². The number of hydrogen-bond acceptors (Lipinski definition) is 4. The van der Waals surface area contributed by atoms with Gasteiger partial charge in [-0.25, -0.2) is 0 Å². The molecule has 0 fully saturated rings. The largest absolute Gasteiger partial charge is 0.355 e. The minimum absolute atomic E-state index is 0.00275. The number of rotatable bonds is 5. The minimum atomic E-state index is -0.489. The molecule has 0 atom stereocenters. The number of nitrogens with one attached hydrogen (secondary N) is 1. The fourth-order valence-electron chi connectivity index (χ4n) is 2.02. The summed E-state index contributed by atoms with van der Waals surface area (Å²) in [5.74, 6) is -0.267. The lowest BCUT2D eigenvalue weighted by Crippen LogP contribution is -2.34. The van der Waals surface area contributed by atoms with Gasteiger partial charge >= 0.3 is 0 Å². The number of nitrogens with zero attached hydrogens (tertiary/aromatic N) is 3. The Hall–Kier alpha value is -2.94. The maximum atomic E-state index is 12.3. The van der Waals surface area contributed by atoms with Crippen molar-refractivity contribution in [3.8, 4) is 17.5 Å². The van der Waals surface area contributed by atoms with Gasteiger partial charge in [0.1, 0.15) is 18.2 Å². The summed E-state index contributed by atoms with van der Waals surface area (Å²) in [6.07, 6.45) is 2.42. The summed E-state index contributed by atoms with van der Waals surface area (Å²) in [6.45, 7) is 2.35. The van der Waals surface area contributed by atoms with Crippen molar-refractivity contribution >= 4 is 5.91 Å². The average Bonchev–Trinajstić information content (AvgIpc) is 2.55. The van der Waals surface area contributed by atoms with E-state index in [-0.39, 0.29) is 18.0 Å². The van der Waals surface area contributed by atoms with Crippen molar-refractivity contribution < 1.29 is 4.79 Å². The van der Waals surface area contributed by atoms with Gasteiger partial charge in [-0.2, -0.15) is 5.26 Å². The molecule has 0 saturated carbocycles. The lowest BCUT2D eigenvalue weighted by Gasteiger charge is -2.12. The molecule has 0 aliphatic carbocycles. The predicted molar refractivity (Wildman–Crippen MR) is 81.9 cm³/mol. The molecule has 0 aliphatic heterocycles. The third-order valence-electron chi connectivity index (χ3n) is 3.10. The molecule has 2 aromatic rings. The molecule has 6 nitrogen and oxygen atoms in total. The number of hydrogen-bond donors (Lipinski definition) is 1. The smallest absolute Gasteiger partial charge is 0.269 e. The number of aromatic nitrogens is 2. The van der Waals surface area contributed by atoms with Gasteiger partial charge in [0.25, 0.3) is 5.56 Å². The quantitative estimate of drug-likeness (QED) is 0.901. The van der Waals surface area contributed by atoms with Crippen LogP contribution in [0.1, 0.15) is 18.9 Å². The first-order valence-corrected chi connectivity index (χ1v) is 6.99. The molecule has 0 saturated heterocycles. The SMILES string of the molecule is CCCNC(=O)Cn1c(-c2ccccn2)ccc(C#N)c1=O. The van der Waals surface area contributed by atoms with Crippen LogP contribution >= 0.6 is 0 Å². The van der Waals surface area contributed by atoms with Crippen LogP contribution in [-0.2, 0) is 11.3 Å². The van der Waals surface area contributed by atoms with Gasteiger partial charge in [-0.15, -0.1) is 0 Å². The highest BCUT2D eigenvalue weighted by Crippen LogP contribution is 2.15. The Kier molecular flexibility index (Phi) is 5.04. The Bertz CT molecular complexity index is 760. The Labute approximate surface area is 128 Å². The van der Waals surface area contributed by atoms with Crippen LogP contribution in [0.25, 0.3) is 11.4 Å². The van der Waals surface area contributed by atoms with E-state index in [9.17, 15) is 9.59 Å². The highest BCUT2D eigenvalue weighted by molar-refractivity contribution is 5.76. The summed E-state index contributed by atoms with van der Waals surface area (Å²) in [4.78, 5) is 28.5. The van der Waals surface area contributed by atoms with Crippen LogP contribution in [0.2, 0.25) is 0 Å². The third-order valence-corrected chi connectivity index (χ3v) is 3.10. The fraction of sp³-hybridized carbons (Fsp3) is 0.250. The molecule has 0 unspecified atom stereocenters. The van der Waals surface area contributed by atoms with E-state index >= 15 is 0 Å². The van der Waals surface area contributed by atoms with Crippen molar-refractivity contribution in [2.24, 2.45) is 0 Å². The van der Waals surface area contributed by atoms with Crippen LogP contribution < -0.4 is 10.9 Å². The number of amides is 1. The van der Waals surface area contributed by atoms with E-state index in [1.165, 1.54) is 10.6 Å². The normalized spacial score (nSPS) is 10.0. The molecule has 2 aromatic heterocycles. The molecule has 2 rings (SSSR count). The third kappa shape index (κ3) is 3.38. The molecule has 112 valence electrons. The molecular weight excluding hydrogens is 280 g/mol. The van der Waals surface area contributed by atoms with Gasteiger partial charge in [0, 0.05) is 12.7 Å². The van der Waals surface area contributed by atoms with Gasteiger partial charge in [-0.1, -0.05) is 13.0 Å². The second kappa shape index (κ2) is 7.18. The lowest BCUT2D eigenvalue weighted by molar-refractivity contribution is -0.121. The first-order valence-electron chi connectivity index (χ1n) is 6.99. The van der Waals surface area contributed by atoms with Gasteiger partial charge in [-0.3, -0.25) is 19.1 Å². The highest BCUT2D eigenvalue weighted by Gasteiger charge is 2.13. The molecule has 2 heterocycles. The van der Waals surface area contributed by atoms with Gasteiger partial charge in [0.05, 0.1) is 11.4 Å². The van der Waals surface area contributed by atoms with E-state index in [4.69, 9.17) is 5.26 Å².